The van der Waals surface area contributed by atoms with Crippen molar-refractivity contribution >= 4 is 21.8 Å². The topological polar surface area (TPSA) is 90.0 Å². The molecule has 1 fully saturated rings. The summed E-state index contributed by atoms with van der Waals surface area (Å²) in [6.07, 6.45) is 0. The van der Waals surface area contributed by atoms with Crippen molar-refractivity contribution in [2.24, 2.45) is 0 Å². The Labute approximate surface area is 154 Å². The maximum Gasteiger partial charge on any atom is 0.251 e. The van der Waals surface area contributed by atoms with E-state index in [4.69, 9.17) is 0 Å². The first-order valence-corrected chi connectivity index (χ1v) is 10.0. The summed E-state index contributed by atoms with van der Waals surface area (Å²) in [5.74, 6) is -0.514. The standard InChI is InChI=1S/C17H26N4O4S/c1-4-20-9-11-21(12-10-20)16(22)13-18-17(23)14-5-7-15(8-6-14)26(24,25)19(2)3/h5-8H,4,9-13H2,1-3H3,(H,18,23). The quantitative estimate of drug-likeness (QED) is 0.738. The van der Waals surface area contributed by atoms with E-state index < -0.39 is 15.9 Å². The average Bonchev–Trinajstić information content (AvgIpc) is 2.65. The SMILES string of the molecule is CCN1CCN(C(=O)CNC(=O)c2ccc(S(=O)(=O)N(C)C)cc2)CC1. The fraction of sp³-hybridized carbons (Fsp3) is 0.529. The van der Waals surface area contributed by atoms with Crippen LogP contribution in [0.4, 0.5) is 0 Å². The molecule has 0 radical (unpaired) electrons. The first-order chi connectivity index (χ1) is 12.3. The van der Waals surface area contributed by atoms with Crippen molar-refractivity contribution in [3.05, 3.63) is 29.8 Å². The van der Waals surface area contributed by atoms with Gasteiger partial charge in [0.1, 0.15) is 0 Å². The molecule has 1 aromatic rings. The molecule has 0 bridgehead atoms. The van der Waals surface area contributed by atoms with Crippen molar-refractivity contribution in [3.63, 3.8) is 0 Å². The van der Waals surface area contributed by atoms with Gasteiger partial charge in [-0.25, -0.2) is 12.7 Å². The van der Waals surface area contributed by atoms with Crippen molar-refractivity contribution in [2.45, 2.75) is 11.8 Å². The molecular weight excluding hydrogens is 356 g/mol. The van der Waals surface area contributed by atoms with Gasteiger partial charge < -0.3 is 15.1 Å². The number of carbonyl (C=O) groups is 2. The fourth-order valence-electron chi connectivity index (χ4n) is 2.67. The number of hydrogen-bond donors (Lipinski definition) is 1. The van der Waals surface area contributed by atoms with Gasteiger partial charge in [-0.2, -0.15) is 0 Å². The molecule has 2 amide bonds. The maximum absolute atomic E-state index is 12.2. The Hall–Kier alpha value is -1.97. The lowest BCUT2D eigenvalue weighted by atomic mass is 10.2. The fourth-order valence-corrected chi connectivity index (χ4v) is 3.57. The summed E-state index contributed by atoms with van der Waals surface area (Å²) in [5, 5.41) is 2.60. The van der Waals surface area contributed by atoms with Crippen LogP contribution in [0.5, 0.6) is 0 Å². The van der Waals surface area contributed by atoms with Crippen LogP contribution < -0.4 is 5.32 Å². The van der Waals surface area contributed by atoms with E-state index in [-0.39, 0.29) is 17.3 Å². The molecule has 9 heteroatoms. The number of amides is 2. The first kappa shape index (κ1) is 20.3. The number of nitrogens with one attached hydrogen (secondary N) is 1. The number of piperazine rings is 1. The minimum absolute atomic E-state index is 0.0668. The summed E-state index contributed by atoms with van der Waals surface area (Å²) in [7, 11) is -0.637. The number of benzene rings is 1. The molecular formula is C17H26N4O4S. The van der Waals surface area contributed by atoms with E-state index in [1.54, 1.807) is 4.90 Å². The molecule has 8 nitrogen and oxygen atoms in total. The Morgan fingerprint density at radius 1 is 1.08 bits per heavy atom. The average molecular weight is 382 g/mol. The van der Waals surface area contributed by atoms with Gasteiger partial charge in [0, 0.05) is 45.8 Å². The second-order valence-corrected chi connectivity index (χ2v) is 8.46. The summed E-state index contributed by atoms with van der Waals surface area (Å²) in [6, 6.07) is 5.65. The highest BCUT2D eigenvalue weighted by Gasteiger charge is 2.21. The summed E-state index contributed by atoms with van der Waals surface area (Å²) >= 11 is 0. The van der Waals surface area contributed by atoms with Crippen LogP contribution in [0.3, 0.4) is 0 Å². The first-order valence-electron chi connectivity index (χ1n) is 8.56. The zero-order chi connectivity index (χ0) is 19.3. The second kappa shape index (κ2) is 8.61. The highest BCUT2D eigenvalue weighted by molar-refractivity contribution is 7.89. The monoisotopic (exact) mass is 382 g/mol. The molecule has 0 aliphatic carbocycles. The number of carbonyl (C=O) groups excluding carboxylic acids is 2. The Morgan fingerprint density at radius 2 is 1.65 bits per heavy atom. The highest BCUT2D eigenvalue weighted by atomic mass is 32.2. The van der Waals surface area contributed by atoms with E-state index in [9.17, 15) is 18.0 Å². The van der Waals surface area contributed by atoms with Crippen molar-refractivity contribution in [1.82, 2.24) is 19.4 Å². The van der Waals surface area contributed by atoms with Crippen LogP contribution in [0.1, 0.15) is 17.3 Å². The van der Waals surface area contributed by atoms with E-state index in [0.717, 1.165) is 23.9 Å². The molecule has 2 rings (SSSR count). The molecule has 0 unspecified atom stereocenters. The molecule has 1 heterocycles. The third-order valence-corrected chi connectivity index (χ3v) is 6.30. The molecule has 144 valence electrons. The molecule has 0 spiro atoms. The minimum Gasteiger partial charge on any atom is -0.343 e. The van der Waals surface area contributed by atoms with E-state index in [1.807, 2.05) is 0 Å². The van der Waals surface area contributed by atoms with E-state index in [0.29, 0.717) is 18.7 Å². The van der Waals surface area contributed by atoms with Gasteiger partial charge in [0.2, 0.25) is 15.9 Å². The molecule has 26 heavy (non-hydrogen) atoms. The third-order valence-electron chi connectivity index (χ3n) is 4.47. The highest BCUT2D eigenvalue weighted by Crippen LogP contribution is 2.14. The van der Waals surface area contributed by atoms with Crippen molar-refractivity contribution in [1.29, 1.82) is 0 Å². The number of sulfonamides is 1. The largest absolute Gasteiger partial charge is 0.343 e. The van der Waals surface area contributed by atoms with Crippen molar-refractivity contribution in [2.75, 3.05) is 53.4 Å². The summed E-state index contributed by atoms with van der Waals surface area (Å²) < 4.78 is 25.1. The van der Waals surface area contributed by atoms with Crippen LogP contribution in [-0.4, -0.2) is 87.7 Å². The van der Waals surface area contributed by atoms with E-state index >= 15 is 0 Å². The molecule has 1 aliphatic heterocycles. The van der Waals surface area contributed by atoms with Crippen molar-refractivity contribution in [3.8, 4) is 0 Å². The van der Waals surface area contributed by atoms with Crippen LogP contribution in [-0.2, 0) is 14.8 Å². The van der Waals surface area contributed by atoms with Gasteiger partial charge in [0.15, 0.2) is 0 Å². The molecule has 0 atom stereocenters. The lowest BCUT2D eigenvalue weighted by molar-refractivity contribution is -0.131. The molecule has 0 aromatic heterocycles. The normalized spacial score (nSPS) is 15.9. The number of rotatable bonds is 6. The molecule has 1 aliphatic rings. The zero-order valence-corrected chi connectivity index (χ0v) is 16.3. The molecule has 1 aromatic carbocycles. The molecule has 0 saturated carbocycles. The second-order valence-electron chi connectivity index (χ2n) is 6.31. The van der Waals surface area contributed by atoms with Gasteiger partial charge in [-0.15, -0.1) is 0 Å². The van der Waals surface area contributed by atoms with E-state index in [1.165, 1.54) is 38.4 Å². The Kier molecular flexibility index (Phi) is 6.74. The number of likely N-dealkylation sites (N-methyl/N-ethyl adjacent to an activating group) is 1. The number of nitrogens with zero attached hydrogens (tertiary/aromatic N) is 3. The molecule has 1 N–H and O–H groups in total. The van der Waals surface area contributed by atoms with Crippen LogP contribution >= 0.6 is 0 Å². The minimum atomic E-state index is -3.53. The van der Waals surface area contributed by atoms with Crippen LogP contribution in [0.15, 0.2) is 29.2 Å². The van der Waals surface area contributed by atoms with Gasteiger partial charge in [-0.3, -0.25) is 9.59 Å². The summed E-state index contributed by atoms with van der Waals surface area (Å²) in [4.78, 5) is 28.5. The van der Waals surface area contributed by atoms with Crippen molar-refractivity contribution < 1.29 is 18.0 Å². The molecule has 1 saturated heterocycles. The summed E-state index contributed by atoms with van der Waals surface area (Å²) in [5.41, 5.74) is 0.311. The predicted octanol–water partition coefficient (Wildman–Crippen LogP) is -0.169. The van der Waals surface area contributed by atoms with Crippen LogP contribution in [0, 0.1) is 0 Å². The van der Waals surface area contributed by atoms with Gasteiger partial charge in [-0.1, -0.05) is 6.92 Å². The van der Waals surface area contributed by atoms with E-state index in [2.05, 4.69) is 17.1 Å². The van der Waals surface area contributed by atoms with Gasteiger partial charge in [0.25, 0.3) is 5.91 Å². The zero-order valence-electron chi connectivity index (χ0n) is 15.4. The maximum atomic E-state index is 12.2. The lowest BCUT2D eigenvalue weighted by Gasteiger charge is -2.34. The van der Waals surface area contributed by atoms with Gasteiger partial charge >= 0.3 is 0 Å². The summed E-state index contributed by atoms with van der Waals surface area (Å²) in [6.45, 7) is 6.02. The Morgan fingerprint density at radius 3 is 2.15 bits per heavy atom. The van der Waals surface area contributed by atoms with Gasteiger partial charge in [0.05, 0.1) is 11.4 Å². The van der Waals surface area contributed by atoms with Gasteiger partial charge in [-0.05, 0) is 30.8 Å². The van der Waals surface area contributed by atoms with Crippen LogP contribution in [0.25, 0.3) is 0 Å². The smallest absolute Gasteiger partial charge is 0.251 e. The third kappa shape index (κ3) is 4.80. The predicted molar refractivity (Wildman–Crippen MR) is 98.3 cm³/mol. The Balaban J connectivity index is 1.89. The van der Waals surface area contributed by atoms with Crippen LogP contribution in [0.2, 0.25) is 0 Å². The Bertz CT molecular complexity index is 739. The number of hydrogen-bond acceptors (Lipinski definition) is 5. The lowest BCUT2D eigenvalue weighted by Crippen LogP contribution is -2.51.